The van der Waals surface area contributed by atoms with Gasteiger partial charge in [0.1, 0.15) is 38.6 Å². The Hall–Kier alpha value is -2.72. The second-order valence-corrected chi connectivity index (χ2v) is 10.8. The first-order valence-corrected chi connectivity index (χ1v) is 12.2. The predicted octanol–water partition coefficient (Wildman–Crippen LogP) is 1.62. The number of rotatable bonds is 12. The SMILES string of the molecule is C=C(C)C(=O)OCC(O)COC(=O)C12CC3CC(C1)CC(C(=O)OCC(O)COC(=O)C(=C)C)(C3)C2. The summed E-state index contributed by atoms with van der Waals surface area (Å²) in [6, 6.07) is 0. The van der Waals surface area contributed by atoms with Crippen LogP contribution in [0.5, 0.6) is 0 Å². The summed E-state index contributed by atoms with van der Waals surface area (Å²) in [5, 5.41) is 20.1. The Balaban J connectivity index is 1.56. The number of hydrogen-bond acceptors (Lipinski definition) is 10. The van der Waals surface area contributed by atoms with E-state index in [1.807, 2.05) is 0 Å². The molecule has 0 saturated heterocycles. The van der Waals surface area contributed by atoms with Gasteiger partial charge >= 0.3 is 23.9 Å². The van der Waals surface area contributed by atoms with Crippen molar-refractivity contribution in [3.63, 3.8) is 0 Å². The van der Waals surface area contributed by atoms with Gasteiger partial charge in [0.25, 0.3) is 0 Å². The number of carbonyl (C=O) groups is 4. The second-order valence-electron chi connectivity index (χ2n) is 10.8. The fraction of sp³-hybridized carbons (Fsp3) is 0.692. The average molecular weight is 509 g/mol. The zero-order chi connectivity index (χ0) is 26.7. The molecule has 4 aliphatic carbocycles. The monoisotopic (exact) mass is 508 g/mol. The van der Waals surface area contributed by atoms with Gasteiger partial charge in [0.05, 0.1) is 10.8 Å². The Kier molecular flexibility index (Phi) is 8.61. The van der Waals surface area contributed by atoms with Crippen LogP contribution >= 0.6 is 0 Å². The van der Waals surface area contributed by atoms with Gasteiger partial charge in [-0.2, -0.15) is 0 Å². The number of ether oxygens (including phenoxy) is 4. The van der Waals surface area contributed by atoms with Gasteiger partial charge < -0.3 is 29.2 Å². The summed E-state index contributed by atoms with van der Waals surface area (Å²) in [5.41, 5.74) is -1.28. The van der Waals surface area contributed by atoms with E-state index >= 15 is 0 Å². The quantitative estimate of drug-likeness (QED) is 0.226. The molecule has 2 N–H and O–H groups in total. The third-order valence-electron chi connectivity index (χ3n) is 7.25. The molecule has 4 aliphatic rings. The molecule has 4 bridgehead atoms. The van der Waals surface area contributed by atoms with Crippen LogP contribution in [0.1, 0.15) is 52.4 Å². The molecule has 0 aromatic rings. The van der Waals surface area contributed by atoms with E-state index in [1.54, 1.807) is 0 Å². The van der Waals surface area contributed by atoms with Crippen molar-refractivity contribution < 1.29 is 48.3 Å². The van der Waals surface area contributed by atoms with E-state index in [2.05, 4.69) is 13.2 Å². The van der Waals surface area contributed by atoms with Crippen LogP contribution in [0.25, 0.3) is 0 Å². The molecule has 0 aliphatic heterocycles. The topological polar surface area (TPSA) is 146 Å². The van der Waals surface area contributed by atoms with E-state index in [9.17, 15) is 29.4 Å². The summed E-state index contributed by atoms with van der Waals surface area (Å²) in [6.07, 6.45) is 1.30. The van der Waals surface area contributed by atoms with Crippen LogP contribution in [0, 0.1) is 22.7 Å². The maximum absolute atomic E-state index is 13.2. The number of aliphatic hydroxyl groups is 2. The van der Waals surface area contributed by atoms with Gasteiger partial charge in [-0.05, 0) is 64.2 Å². The normalized spacial score (nSPS) is 29.6. The zero-order valence-corrected chi connectivity index (χ0v) is 21.0. The van der Waals surface area contributed by atoms with Crippen molar-refractivity contribution in [2.45, 2.75) is 64.6 Å². The first-order valence-electron chi connectivity index (χ1n) is 12.2. The Morgan fingerprint density at radius 2 is 1.06 bits per heavy atom. The van der Waals surface area contributed by atoms with Crippen molar-refractivity contribution in [3.05, 3.63) is 24.3 Å². The fourth-order valence-electron chi connectivity index (χ4n) is 6.08. The molecule has 200 valence electrons. The zero-order valence-electron chi connectivity index (χ0n) is 21.0. The highest BCUT2D eigenvalue weighted by Gasteiger charge is 2.64. The van der Waals surface area contributed by atoms with Crippen molar-refractivity contribution in [1.29, 1.82) is 0 Å². The molecule has 0 amide bonds. The van der Waals surface area contributed by atoms with Crippen molar-refractivity contribution in [2.75, 3.05) is 26.4 Å². The molecule has 0 spiro atoms. The largest absolute Gasteiger partial charge is 0.462 e. The highest BCUT2D eigenvalue weighted by molar-refractivity contribution is 5.87. The molecule has 0 aromatic carbocycles. The van der Waals surface area contributed by atoms with E-state index < -0.39 is 46.9 Å². The molecule has 0 heterocycles. The van der Waals surface area contributed by atoms with E-state index in [1.165, 1.54) is 13.8 Å². The van der Waals surface area contributed by atoms with Crippen LogP contribution in [0.4, 0.5) is 0 Å². The van der Waals surface area contributed by atoms with Crippen LogP contribution in [0.15, 0.2) is 24.3 Å². The lowest BCUT2D eigenvalue weighted by molar-refractivity contribution is -0.197. The molecule has 10 nitrogen and oxygen atoms in total. The molecular formula is C26H36O10. The van der Waals surface area contributed by atoms with Crippen LogP contribution in [-0.4, -0.2) is 72.7 Å². The highest BCUT2D eigenvalue weighted by atomic mass is 16.6. The first-order chi connectivity index (χ1) is 16.9. The minimum Gasteiger partial charge on any atom is -0.462 e. The van der Waals surface area contributed by atoms with Gasteiger partial charge in [-0.15, -0.1) is 0 Å². The third kappa shape index (κ3) is 6.34. The number of hydrogen-bond donors (Lipinski definition) is 2. The summed E-state index contributed by atoms with van der Waals surface area (Å²) >= 11 is 0. The van der Waals surface area contributed by atoms with Crippen LogP contribution < -0.4 is 0 Å². The highest BCUT2D eigenvalue weighted by Crippen LogP contribution is 2.66. The number of carbonyl (C=O) groups excluding carboxylic acids is 4. The summed E-state index contributed by atoms with van der Waals surface area (Å²) in [7, 11) is 0. The van der Waals surface area contributed by atoms with Gasteiger partial charge in [0, 0.05) is 11.1 Å². The lowest BCUT2D eigenvalue weighted by Gasteiger charge is -2.59. The summed E-state index contributed by atoms with van der Waals surface area (Å²) in [6.45, 7) is 8.60. The molecule has 2 atom stereocenters. The first kappa shape index (κ1) is 27.9. The molecule has 4 rings (SSSR count). The van der Waals surface area contributed by atoms with Gasteiger partial charge in [-0.3, -0.25) is 9.59 Å². The summed E-state index contributed by atoms with van der Waals surface area (Å²) < 4.78 is 20.6. The van der Waals surface area contributed by atoms with Crippen molar-refractivity contribution in [1.82, 2.24) is 0 Å². The van der Waals surface area contributed by atoms with Gasteiger partial charge in [0.2, 0.25) is 0 Å². The molecule has 4 fully saturated rings. The molecule has 10 heteroatoms. The molecule has 36 heavy (non-hydrogen) atoms. The third-order valence-corrected chi connectivity index (χ3v) is 7.25. The molecule has 2 unspecified atom stereocenters. The second kappa shape index (κ2) is 11.1. The van der Waals surface area contributed by atoms with Crippen LogP contribution in [0.2, 0.25) is 0 Å². The van der Waals surface area contributed by atoms with Crippen molar-refractivity contribution in [2.24, 2.45) is 22.7 Å². The summed E-state index contributed by atoms with van der Waals surface area (Å²) in [5.74, 6) is -1.86. The van der Waals surface area contributed by atoms with E-state index in [-0.39, 0.29) is 55.8 Å². The average Bonchev–Trinajstić information content (AvgIpc) is 2.81. The predicted molar refractivity (Wildman–Crippen MR) is 125 cm³/mol. The lowest BCUT2D eigenvalue weighted by Crippen LogP contribution is -2.58. The maximum Gasteiger partial charge on any atom is 0.333 e. The van der Waals surface area contributed by atoms with Gasteiger partial charge in [-0.25, -0.2) is 9.59 Å². The Labute approximate surface area is 210 Å². The number of aliphatic hydroxyl groups excluding tert-OH is 2. The van der Waals surface area contributed by atoms with Crippen molar-refractivity contribution >= 4 is 23.9 Å². The molecule has 0 aromatic heterocycles. The Morgan fingerprint density at radius 1 is 0.722 bits per heavy atom. The van der Waals surface area contributed by atoms with Gasteiger partial charge in [0.15, 0.2) is 0 Å². The molecule has 4 saturated carbocycles. The van der Waals surface area contributed by atoms with Crippen LogP contribution in [0.3, 0.4) is 0 Å². The maximum atomic E-state index is 13.2. The summed E-state index contributed by atoms with van der Waals surface area (Å²) in [4.78, 5) is 49.3. The fourth-order valence-corrected chi connectivity index (χ4v) is 6.08. The smallest absolute Gasteiger partial charge is 0.333 e. The van der Waals surface area contributed by atoms with E-state index in [0.717, 1.165) is 6.42 Å². The molecule has 0 radical (unpaired) electrons. The van der Waals surface area contributed by atoms with Crippen LogP contribution in [-0.2, 0) is 38.1 Å². The van der Waals surface area contributed by atoms with E-state index in [4.69, 9.17) is 18.9 Å². The standard InChI is InChI=1S/C26H36O10/c1-15(2)21(29)33-10-19(27)12-35-23(31)25-6-17-5-18(7-25)9-26(8-17,14-25)24(32)36-13-20(28)11-34-22(30)16(3)4/h17-20,27-28H,1,3,5-14H2,2,4H3. The molecular weight excluding hydrogens is 472 g/mol. The Bertz CT molecular complexity index is 838. The van der Waals surface area contributed by atoms with Gasteiger partial charge in [-0.1, -0.05) is 13.2 Å². The number of esters is 4. The lowest BCUT2D eigenvalue weighted by atomic mass is 9.44. The minimum absolute atomic E-state index is 0.175. The Morgan fingerprint density at radius 3 is 1.39 bits per heavy atom. The minimum atomic E-state index is -1.18. The van der Waals surface area contributed by atoms with E-state index in [0.29, 0.717) is 25.7 Å². The van der Waals surface area contributed by atoms with Crippen molar-refractivity contribution in [3.8, 4) is 0 Å².